The summed E-state index contributed by atoms with van der Waals surface area (Å²) in [5.41, 5.74) is 0.858. The SMILES string of the molecule is CCn1cc(C(O)C(C)COC)cn1. The Kier molecular flexibility index (Phi) is 4.10. The van der Waals surface area contributed by atoms with E-state index in [1.165, 1.54) is 0 Å². The topological polar surface area (TPSA) is 47.3 Å². The van der Waals surface area contributed by atoms with Crippen LogP contribution < -0.4 is 0 Å². The van der Waals surface area contributed by atoms with Crippen molar-refractivity contribution in [1.82, 2.24) is 9.78 Å². The van der Waals surface area contributed by atoms with Gasteiger partial charge in [-0.3, -0.25) is 4.68 Å². The quantitative estimate of drug-likeness (QED) is 0.773. The Labute approximate surface area is 84.5 Å². The maximum atomic E-state index is 9.90. The van der Waals surface area contributed by atoms with E-state index in [4.69, 9.17) is 4.74 Å². The van der Waals surface area contributed by atoms with E-state index in [9.17, 15) is 5.11 Å². The van der Waals surface area contributed by atoms with E-state index in [2.05, 4.69) is 5.10 Å². The summed E-state index contributed by atoms with van der Waals surface area (Å²) in [6, 6.07) is 0. The number of aryl methyl sites for hydroxylation is 1. The van der Waals surface area contributed by atoms with E-state index in [-0.39, 0.29) is 5.92 Å². The lowest BCUT2D eigenvalue weighted by Gasteiger charge is -2.16. The smallest absolute Gasteiger partial charge is 0.0867 e. The number of hydrogen-bond acceptors (Lipinski definition) is 3. The number of aliphatic hydroxyl groups is 1. The highest BCUT2D eigenvalue weighted by atomic mass is 16.5. The molecule has 14 heavy (non-hydrogen) atoms. The van der Waals surface area contributed by atoms with Crippen LogP contribution in [0.2, 0.25) is 0 Å². The third-order valence-corrected chi connectivity index (χ3v) is 2.29. The number of nitrogens with zero attached hydrogens (tertiary/aromatic N) is 2. The highest BCUT2D eigenvalue weighted by molar-refractivity contribution is 5.08. The van der Waals surface area contributed by atoms with Crippen LogP contribution >= 0.6 is 0 Å². The molecule has 0 amide bonds. The summed E-state index contributed by atoms with van der Waals surface area (Å²) in [7, 11) is 1.64. The van der Waals surface area contributed by atoms with E-state index in [0.29, 0.717) is 6.61 Å². The lowest BCUT2D eigenvalue weighted by atomic mass is 10.0. The number of aliphatic hydroxyl groups excluding tert-OH is 1. The van der Waals surface area contributed by atoms with Gasteiger partial charge in [0.15, 0.2) is 0 Å². The molecule has 2 unspecified atom stereocenters. The fraction of sp³-hybridized carbons (Fsp3) is 0.700. The molecule has 0 aliphatic carbocycles. The summed E-state index contributed by atoms with van der Waals surface area (Å²) in [5.74, 6) is 0.0921. The maximum absolute atomic E-state index is 9.90. The van der Waals surface area contributed by atoms with Crippen LogP contribution in [0.5, 0.6) is 0 Å². The Morgan fingerprint density at radius 3 is 2.86 bits per heavy atom. The van der Waals surface area contributed by atoms with Gasteiger partial charge in [0.05, 0.1) is 18.9 Å². The van der Waals surface area contributed by atoms with E-state index in [1.54, 1.807) is 18.0 Å². The molecule has 0 saturated carbocycles. The lowest BCUT2D eigenvalue weighted by molar-refractivity contribution is 0.0566. The normalized spacial score (nSPS) is 15.4. The van der Waals surface area contributed by atoms with Gasteiger partial charge >= 0.3 is 0 Å². The van der Waals surface area contributed by atoms with Crippen molar-refractivity contribution in [2.45, 2.75) is 26.5 Å². The third-order valence-electron chi connectivity index (χ3n) is 2.29. The van der Waals surface area contributed by atoms with Crippen LogP contribution in [0, 0.1) is 5.92 Å². The van der Waals surface area contributed by atoms with Crippen LogP contribution in [0.1, 0.15) is 25.5 Å². The van der Waals surface area contributed by atoms with Crippen LogP contribution in [0.25, 0.3) is 0 Å². The Hall–Kier alpha value is -0.870. The average Bonchev–Trinajstić information content (AvgIpc) is 2.65. The van der Waals surface area contributed by atoms with Crippen LogP contribution in [-0.2, 0) is 11.3 Å². The fourth-order valence-electron chi connectivity index (χ4n) is 1.39. The first kappa shape index (κ1) is 11.2. The van der Waals surface area contributed by atoms with Crippen molar-refractivity contribution >= 4 is 0 Å². The monoisotopic (exact) mass is 198 g/mol. The van der Waals surface area contributed by atoms with Gasteiger partial charge in [0.25, 0.3) is 0 Å². The molecule has 1 aromatic rings. The van der Waals surface area contributed by atoms with Crippen molar-refractivity contribution in [3.05, 3.63) is 18.0 Å². The summed E-state index contributed by atoms with van der Waals surface area (Å²) < 4.78 is 6.80. The Morgan fingerprint density at radius 2 is 2.36 bits per heavy atom. The first-order chi connectivity index (χ1) is 6.69. The van der Waals surface area contributed by atoms with Crippen LogP contribution in [-0.4, -0.2) is 28.6 Å². The second-order valence-corrected chi connectivity index (χ2v) is 3.51. The number of rotatable bonds is 5. The van der Waals surface area contributed by atoms with Gasteiger partial charge in [-0.05, 0) is 6.92 Å². The third kappa shape index (κ3) is 2.56. The van der Waals surface area contributed by atoms with Crippen molar-refractivity contribution in [3.8, 4) is 0 Å². The maximum Gasteiger partial charge on any atom is 0.0867 e. The molecule has 0 aliphatic rings. The Balaban J connectivity index is 2.63. The minimum absolute atomic E-state index is 0.0921. The van der Waals surface area contributed by atoms with Crippen molar-refractivity contribution in [1.29, 1.82) is 0 Å². The molecular formula is C10H18N2O2. The van der Waals surface area contributed by atoms with Gasteiger partial charge in [0.1, 0.15) is 0 Å². The zero-order valence-electron chi connectivity index (χ0n) is 8.97. The van der Waals surface area contributed by atoms with Crippen molar-refractivity contribution in [2.75, 3.05) is 13.7 Å². The van der Waals surface area contributed by atoms with Gasteiger partial charge in [0, 0.05) is 31.3 Å². The first-order valence-corrected chi connectivity index (χ1v) is 4.88. The summed E-state index contributed by atoms with van der Waals surface area (Å²) in [5, 5.41) is 14.0. The standard InChI is InChI=1S/C10H18N2O2/c1-4-12-6-9(5-11-12)10(13)8(2)7-14-3/h5-6,8,10,13H,4,7H2,1-3H3. The highest BCUT2D eigenvalue weighted by Gasteiger charge is 2.17. The highest BCUT2D eigenvalue weighted by Crippen LogP contribution is 2.21. The molecular weight excluding hydrogens is 180 g/mol. The number of aromatic nitrogens is 2. The predicted octanol–water partition coefficient (Wildman–Crippen LogP) is 1.22. The van der Waals surface area contributed by atoms with Gasteiger partial charge in [-0.1, -0.05) is 6.92 Å². The largest absolute Gasteiger partial charge is 0.388 e. The number of ether oxygens (including phenoxy) is 1. The molecule has 4 nitrogen and oxygen atoms in total. The molecule has 4 heteroatoms. The molecule has 1 rings (SSSR count). The number of hydrogen-bond donors (Lipinski definition) is 1. The van der Waals surface area contributed by atoms with E-state index in [1.807, 2.05) is 20.0 Å². The van der Waals surface area contributed by atoms with Gasteiger partial charge in [0.2, 0.25) is 0 Å². The molecule has 1 heterocycles. The van der Waals surface area contributed by atoms with E-state index in [0.717, 1.165) is 12.1 Å². The van der Waals surface area contributed by atoms with Crippen molar-refractivity contribution in [2.24, 2.45) is 5.92 Å². The van der Waals surface area contributed by atoms with Gasteiger partial charge in [-0.2, -0.15) is 5.10 Å². The summed E-state index contributed by atoms with van der Waals surface area (Å²) in [6.45, 7) is 5.35. The summed E-state index contributed by atoms with van der Waals surface area (Å²) in [6.07, 6.45) is 3.09. The molecule has 0 saturated heterocycles. The average molecular weight is 198 g/mol. The predicted molar refractivity (Wildman–Crippen MR) is 53.9 cm³/mol. The van der Waals surface area contributed by atoms with Crippen LogP contribution in [0.3, 0.4) is 0 Å². The van der Waals surface area contributed by atoms with Crippen LogP contribution in [0.15, 0.2) is 12.4 Å². The molecule has 0 aliphatic heterocycles. The Bertz CT molecular complexity index is 273. The van der Waals surface area contributed by atoms with Crippen molar-refractivity contribution in [3.63, 3.8) is 0 Å². The Morgan fingerprint density at radius 1 is 1.64 bits per heavy atom. The molecule has 80 valence electrons. The zero-order valence-corrected chi connectivity index (χ0v) is 8.97. The van der Waals surface area contributed by atoms with Gasteiger partial charge < -0.3 is 9.84 Å². The second-order valence-electron chi connectivity index (χ2n) is 3.51. The molecule has 0 aromatic carbocycles. The van der Waals surface area contributed by atoms with Crippen molar-refractivity contribution < 1.29 is 9.84 Å². The fourth-order valence-corrected chi connectivity index (χ4v) is 1.39. The molecule has 0 bridgehead atoms. The van der Waals surface area contributed by atoms with E-state index >= 15 is 0 Å². The number of methoxy groups -OCH3 is 1. The molecule has 0 radical (unpaired) electrons. The molecule has 0 spiro atoms. The van der Waals surface area contributed by atoms with Gasteiger partial charge in [-0.25, -0.2) is 0 Å². The van der Waals surface area contributed by atoms with Crippen LogP contribution in [0.4, 0.5) is 0 Å². The van der Waals surface area contributed by atoms with Gasteiger partial charge in [-0.15, -0.1) is 0 Å². The zero-order chi connectivity index (χ0) is 10.6. The lowest BCUT2D eigenvalue weighted by Crippen LogP contribution is -2.13. The molecule has 1 N–H and O–H groups in total. The second kappa shape index (κ2) is 5.12. The first-order valence-electron chi connectivity index (χ1n) is 4.88. The summed E-state index contributed by atoms with van der Waals surface area (Å²) in [4.78, 5) is 0. The molecule has 2 atom stereocenters. The minimum Gasteiger partial charge on any atom is -0.388 e. The minimum atomic E-state index is -0.491. The van der Waals surface area contributed by atoms with E-state index < -0.39 is 6.10 Å². The summed E-state index contributed by atoms with van der Waals surface area (Å²) >= 11 is 0. The molecule has 0 fully saturated rings. The molecule has 1 aromatic heterocycles.